The fourth-order valence-electron chi connectivity index (χ4n) is 1.38. The summed E-state index contributed by atoms with van der Waals surface area (Å²) in [6, 6.07) is 6.69. The lowest BCUT2D eigenvalue weighted by Crippen LogP contribution is -1.91. The van der Waals surface area contributed by atoms with Crippen molar-refractivity contribution in [3.8, 4) is 0 Å². The Balaban J connectivity index is 3.02. The molecule has 0 atom stereocenters. The summed E-state index contributed by atoms with van der Waals surface area (Å²) in [6.45, 7) is 8.70. The number of hydrogen-bond acceptors (Lipinski definition) is 0. The van der Waals surface area contributed by atoms with Crippen LogP contribution in [0.2, 0.25) is 0 Å². The molecule has 0 saturated heterocycles. The average Bonchev–Trinajstić information content (AvgIpc) is 2.04. The van der Waals surface area contributed by atoms with Gasteiger partial charge >= 0.3 is 0 Å². The van der Waals surface area contributed by atoms with Crippen molar-refractivity contribution >= 4 is 0 Å². The summed E-state index contributed by atoms with van der Waals surface area (Å²) in [5.74, 6) is 0.634. The molecule has 0 heterocycles. The molecule has 0 unspecified atom stereocenters. The Morgan fingerprint density at radius 3 is 2.33 bits per heavy atom. The molecule has 65 valence electrons. The van der Waals surface area contributed by atoms with Gasteiger partial charge in [0.05, 0.1) is 0 Å². The highest BCUT2D eigenvalue weighted by Crippen LogP contribution is 2.18. The second kappa shape index (κ2) is 3.75. The smallest absolute Gasteiger partial charge is 0.0121 e. The highest BCUT2D eigenvalue weighted by atomic mass is 14.1. The summed E-state index contributed by atoms with van der Waals surface area (Å²) >= 11 is 0. The first-order chi connectivity index (χ1) is 5.65. The SMILES string of the molecule is C[CH]c1ccc(C(C)C)cc1C. The third-order valence-corrected chi connectivity index (χ3v) is 2.27. The van der Waals surface area contributed by atoms with Crippen LogP contribution in [0.5, 0.6) is 0 Å². The van der Waals surface area contributed by atoms with Gasteiger partial charge in [0.2, 0.25) is 0 Å². The van der Waals surface area contributed by atoms with Gasteiger partial charge in [-0.05, 0) is 36.0 Å². The first-order valence-corrected chi connectivity index (χ1v) is 4.55. The summed E-state index contributed by atoms with van der Waals surface area (Å²) in [5.41, 5.74) is 4.15. The van der Waals surface area contributed by atoms with Crippen molar-refractivity contribution in [3.63, 3.8) is 0 Å². The Morgan fingerprint density at radius 1 is 1.25 bits per heavy atom. The highest BCUT2D eigenvalue weighted by molar-refractivity contribution is 5.36. The molecule has 0 fully saturated rings. The zero-order chi connectivity index (χ0) is 9.14. The molecule has 1 aromatic carbocycles. The molecule has 0 heteroatoms. The van der Waals surface area contributed by atoms with Crippen LogP contribution in [0.4, 0.5) is 0 Å². The van der Waals surface area contributed by atoms with Crippen molar-refractivity contribution in [2.75, 3.05) is 0 Å². The maximum atomic E-state index is 2.28. The molecular weight excluding hydrogens is 144 g/mol. The van der Waals surface area contributed by atoms with Crippen molar-refractivity contribution in [1.29, 1.82) is 0 Å². The number of hydrogen-bond donors (Lipinski definition) is 0. The summed E-state index contributed by atoms with van der Waals surface area (Å²) in [6.07, 6.45) is 2.15. The second-order valence-electron chi connectivity index (χ2n) is 3.56. The molecule has 0 amide bonds. The van der Waals surface area contributed by atoms with E-state index in [1.165, 1.54) is 16.7 Å². The van der Waals surface area contributed by atoms with Gasteiger partial charge in [0.15, 0.2) is 0 Å². The number of benzene rings is 1. The van der Waals surface area contributed by atoms with E-state index in [4.69, 9.17) is 0 Å². The zero-order valence-corrected chi connectivity index (χ0v) is 8.39. The minimum absolute atomic E-state index is 0.634. The molecule has 0 aliphatic rings. The zero-order valence-electron chi connectivity index (χ0n) is 8.39. The van der Waals surface area contributed by atoms with E-state index in [1.54, 1.807) is 0 Å². The van der Waals surface area contributed by atoms with E-state index in [-0.39, 0.29) is 0 Å². The Hall–Kier alpha value is -0.780. The van der Waals surface area contributed by atoms with Crippen molar-refractivity contribution in [2.45, 2.75) is 33.6 Å². The maximum absolute atomic E-state index is 2.28. The predicted molar refractivity (Wildman–Crippen MR) is 54.3 cm³/mol. The van der Waals surface area contributed by atoms with Crippen molar-refractivity contribution in [3.05, 3.63) is 41.3 Å². The highest BCUT2D eigenvalue weighted by Gasteiger charge is 2.01. The van der Waals surface area contributed by atoms with E-state index in [0.29, 0.717) is 5.92 Å². The monoisotopic (exact) mass is 161 g/mol. The Labute approximate surface area is 75.6 Å². The van der Waals surface area contributed by atoms with Gasteiger partial charge in [-0.2, -0.15) is 0 Å². The molecule has 0 N–H and O–H groups in total. The summed E-state index contributed by atoms with van der Waals surface area (Å²) in [7, 11) is 0. The van der Waals surface area contributed by atoms with E-state index in [9.17, 15) is 0 Å². The summed E-state index contributed by atoms with van der Waals surface area (Å²) < 4.78 is 0. The van der Waals surface area contributed by atoms with Crippen LogP contribution in [0.3, 0.4) is 0 Å². The summed E-state index contributed by atoms with van der Waals surface area (Å²) in [4.78, 5) is 0. The molecule has 12 heavy (non-hydrogen) atoms. The molecule has 0 bridgehead atoms. The van der Waals surface area contributed by atoms with Gasteiger partial charge in [0.25, 0.3) is 0 Å². The maximum Gasteiger partial charge on any atom is -0.0121 e. The number of rotatable bonds is 2. The topological polar surface area (TPSA) is 0 Å². The van der Waals surface area contributed by atoms with Crippen molar-refractivity contribution in [1.82, 2.24) is 0 Å². The molecule has 1 rings (SSSR count). The van der Waals surface area contributed by atoms with E-state index in [1.807, 2.05) is 0 Å². The van der Waals surface area contributed by atoms with Gasteiger partial charge < -0.3 is 0 Å². The molecular formula is C12H17. The van der Waals surface area contributed by atoms with Gasteiger partial charge in [0.1, 0.15) is 0 Å². The third kappa shape index (κ3) is 1.88. The number of aryl methyl sites for hydroxylation is 1. The van der Waals surface area contributed by atoms with Gasteiger partial charge in [0, 0.05) is 0 Å². The fraction of sp³-hybridized carbons (Fsp3) is 0.417. The van der Waals surface area contributed by atoms with Crippen LogP contribution in [0.25, 0.3) is 0 Å². The van der Waals surface area contributed by atoms with Crippen LogP contribution < -0.4 is 0 Å². The van der Waals surface area contributed by atoms with E-state index < -0.39 is 0 Å². The Kier molecular flexibility index (Phi) is 2.91. The first-order valence-electron chi connectivity index (χ1n) is 4.55. The van der Waals surface area contributed by atoms with E-state index in [2.05, 4.69) is 52.3 Å². The van der Waals surface area contributed by atoms with E-state index >= 15 is 0 Å². The van der Waals surface area contributed by atoms with Gasteiger partial charge in [-0.25, -0.2) is 0 Å². The lowest BCUT2D eigenvalue weighted by Gasteiger charge is -2.08. The first kappa shape index (κ1) is 9.31. The van der Waals surface area contributed by atoms with Crippen LogP contribution in [0.15, 0.2) is 18.2 Å². The van der Waals surface area contributed by atoms with Gasteiger partial charge in [-0.15, -0.1) is 0 Å². The molecule has 0 saturated carbocycles. The second-order valence-corrected chi connectivity index (χ2v) is 3.56. The minimum atomic E-state index is 0.634. The van der Waals surface area contributed by atoms with Crippen LogP contribution in [0, 0.1) is 13.3 Å². The van der Waals surface area contributed by atoms with Crippen LogP contribution in [0.1, 0.15) is 43.4 Å². The molecule has 0 aliphatic heterocycles. The largest absolute Gasteiger partial charge is 0.0587 e. The lowest BCUT2D eigenvalue weighted by atomic mass is 9.97. The Morgan fingerprint density at radius 2 is 1.92 bits per heavy atom. The van der Waals surface area contributed by atoms with Gasteiger partial charge in [-0.3, -0.25) is 0 Å². The standard InChI is InChI=1S/C12H17/c1-5-11-6-7-12(9(2)3)8-10(11)4/h5-9H,1-4H3. The summed E-state index contributed by atoms with van der Waals surface area (Å²) in [5, 5.41) is 0. The third-order valence-electron chi connectivity index (χ3n) is 2.27. The minimum Gasteiger partial charge on any atom is -0.0587 e. The fourth-order valence-corrected chi connectivity index (χ4v) is 1.38. The molecule has 0 aromatic heterocycles. The lowest BCUT2D eigenvalue weighted by molar-refractivity contribution is 0.864. The molecule has 0 nitrogen and oxygen atoms in total. The van der Waals surface area contributed by atoms with Gasteiger partial charge in [-0.1, -0.05) is 39.0 Å². The molecule has 1 radical (unpaired) electrons. The normalized spacial score (nSPS) is 10.8. The molecule has 1 aromatic rings. The van der Waals surface area contributed by atoms with Crippen molar-refractivity contribution in [2.24, 2.45) is 0 Å². The van der Waals surface area contributed by atoms with Crippen LogP contribution >= 0.6 is 0 Å². The predicted octanol–water partition coefficient (Wildman–Crippen LogP) is 3.69. The average molecular weight is 161 g/mol. The quantitative estimate of drug-likeness (QED) is 0.620. The molecule has 0 aliphatic carbocycles. The van der Waals surface area contributed by atoms with Crippen LogP contribution in [-0.2, 0) is 0 Å². The Bertz CT molecular complexity index is 259. The van der Waals surface area contributed by atoms with Crippen molar-refractivity contribution < 1.29 is 0 Å². The molecule has 0 spiro atoms. The van der Waals surface area contributed by atoms with Crippen LogP contribution in [-0.4, -0.2) is 0 Å². The van der Waals surface area contributed by atoms with E-state index in [0.717, 1.165) is 0 Å².